The van der Waals surface area contributed by atoms with Crippen molar-refractivity contribution >= 4 is 18.0 Å². The molecule has 0 spiro atoms. The Hall–Kier alpha value is -2.41. The molecule has 4 unspecified atom stereocenters. The van der Waals surface area contributed by atoms with Gasteiger partial charge in [0.25, 0.3) is 0 Å². The molecule has 1 amide bonds. The molecule has 1 aromatic rings. The number of rotatable bonds is 5. The van der Waals surface area contributed by atoms with Gasteiger partial charge in [-0.2, -0.15) is 0 Å². The number of carbonyl (C=O) groups excluding carboxylic acids is 2. The molecule has 1 saturated heterocycles. The van der Waals surface area contributed by atoms with E-state index in [4.69, 9.17) is 4.74 Å². The zero-order chi connectivity index (χ0) is 20.3. The monoisotopic (exact) mass is 376 g/mol. The third kappa shape index (κ3) is 4.47. The highest BCUT2D eigenvalue weighted by molar-refractivity contribution is 5.88. The number of esters is 1. The Bertz CT molecular complexity index is 681. The van der Waals surface area contributed by atoms with Gasteiger partial charge in [0.15, 0.2) is 0 Å². The van der Waals surface area contributed by atoms with E-state index >= 15 is 0 Å². The van der Waals surface area contributed by atoms with Gasteiger partial charge < -0.3 is 14.7 Å². The van der Waals surface area contributed by atoms with Gasteiger partial charge in [-0.1, -0.05) is 37.3 Å². The average molecular weight is 376 g/mol. The number of amides is 1. The quantitative estimate of drug-likeness (QED) is 0.606. The molecule has 0 aromatic heterocycles. The Kier molecular flexibility index (Phi) is 6.59. The zero-order valence-electron chi connectivity index (χ0n) is 16.4. The van der Waals surface area contributed by atoms with Crippen molar-refractivity contribution in [3.05, 3.63) is 35.9 Å². The molecule has 7 nitrogen and oxygen atoms in total. The standard InChI is InChI=1S/C20H28N2O5/c1-11(2)22(12(3)4)20(26)27-19(25)15-13(5)16(18(23)24)21-17(15)14-9-7-6-8-10-14/h6-13,15-17,21H,1-5H3,(H,23,24). The topological polar surface area (TPSA) is 95.9 Å². The number of carboxylic acid groups (broad SMARTS) is 1. The summed E-state index contributed by atoms with van der Waals surface area (Å²) in [5.74, 6) is -3.04. The van der Waals surface area contributed by atoms with Crippen LogP contribution >= 0.6 is 0 Å². The molecule has 0 saturated carbocycles. The predicted octanol–water partition coefficient (Wildman–Crippen LogP) is 2.82. The fourth-order valence-corrected chi connectivity index (χ4v) is 3.80. The Balaban J connectivity index is 2.27. The van der Waals surface area contributed by atoms with Crippen molar-refractivity contribution in [2.45, 2.75) is 58.8 Å². The van der Waals surface area contributed by atoms with Crippen LogP contribution in [0, 0.1) is 11.8 Å². The number of carboxylic acids is 1. The number of nitrogens with zero attached hydrogens (tertiary/aromatic N) is 1. The highest BCUT2D eigenvalue weighted by Crippen LogP contribution is 2.38. The highest BCUT2D eigenvalue weighted by atomic mass is 16.6. The number of nitrogens with one attached hydrogen (secondary N) is 1. The first-order valence-electron chi connectivity index (χ1n) is 9.23. The number of benzene rings is 1. The third-order valence-corrected chi connectivity index (χ3v) is 5.02. The van der Waals surface area contributed by atoms with E-state index in [2.05, 4.69) is 5.32 Å². The second-order valence-corrected chi connectivity index (χ2v) is 7.54. The first-order valence-corrected chi connectivity index (χ1v) is 9.23. The van der Waals surface area contributed by atoms with Gasteiger partial charge in [-0.25, -0.2) is 4.79 Å². The summed E-state index contributed by atoms with van der Waals surface area (Å²) in [5.41, 5.74) is 0.784. The van der Waals surface area contributed by atoms with Crippen molar-refractivity contribution < 1.29 is 24.2 Å². The lowest BCUT2D eigenvalue weighted by molar-refractivity contribution is -0.145. The van der Waals surface area contributed by atoms with Gasteiger partial charge in [0.05, 0.1) is 5.92 Å². The van der Waals surface area contributed by atoms with E-state index < -0.39 is 42.0 Å². The fraction of sp³-hybridized carbons (Fsp3) is 0.550. The van der Waals surface area contributed by atoms with Crippen LogP contribution in [-0.2, 0) is 14.3 Å². The van der Waals surface area contributed by atoms with Crippen LogP contribution in [0.4, 0.5) is 4.79 Å². The Morgan fingerprint density at radius 1 is 1.07 bits per heavy atom. The van der Waals surface area contributed by atoms with E-state index in [1.807, 2.05) is 58.0 Å². The lowest BCUT2D eigenvalue weighted by Gasteiger charge is -2.30. The minimum Gasteiger partial charge on any atom is -0.480 e. The van der Waals surface area contributed by atoms with Crippen molar-refractivity contribution in [2.24, 2.45) is 11.8 Å². The number of hydrogen-bond acceptors (Lipinski definition) is 5. The molecule has 27 heavy (non-hydrogen) atoms. The average Bonchev–Trinajstić information content (AvgIpc) is 2.92. The van der Waals surface area contributed by atoms with Crippen LogP contribution in [0.25, 0.3) is 0 Å². The lowest BCUT2D eigenvalue weighted by Crippen LogP contribution is -2.44. The van der Waals surface area contributed by atoms with E-state index in [9.17, 15) is 19.5 Å². The third-order valence-electron chi connectivity index (χ3n) is 5.02. The molecule has 0 bridgehead atoms. The van der Waals surface area contributed by atoms with E-state index in [1.165, 1.54) is 4.90 Å². The maximum atomic E-state index is 12.9. The normalized spacial score (nSPS) is 24.9. The number of hydrogen-bond donors (Lipinski definition) is 2. The van der Waals surface area contributed by atoms with Crippen LogP contribution < -0.4 is 5.32 Å². The Labute approximate surface area is 159 Å². The maximum absolute atomic E-state index is 12.9. The van der Waals surface area contributed by atoms with Gasteiger partial charge in [-0.3, -0.25) is 14.9 Å². The minimum absolute atomic E-state index is 0.124. The van der Waals surface area contributed by atoms with Crippen molar-refractivity contribution in [3.8, 4) is 0 Å². The van der Waals surface area contributed by atoms with Crippen molar-refractivity contribution in [2.75, 3.05) is 0 Å². The van der Waals surface area contributed by atoms with Crippen LogP contribution in [0.3, 0.4) is 0 Å². The zero-order valence-corrected chi connectivity index (χ0v) is 16.4. The molecule has 1 aliphatic rings. The SMILES string of the molecule is CC1C(C(=O)O)NC(c2ccccc2)C1C(=O)OC(=O)N(C(C)C)C(C)C. The van der Waals surface area contributed by atoms with Crippen LogP contribution in [0.1, 0.15) is 46.2 Å². The molecule has 1 aromatic carbocycles. The van der Waals surface area contributed by atoms with E-state index in [0.717, 1.165) is 5.56 Å². The summed E-state index contributed by atoms with van der Waals surface area (Å²) in [6.45, 7) is 9.07. The summed E-state index contributed by atoms with van der Waals surface area (Å²) in [5, 5.41) is 12.5. The molecule has 0 radical (unpaired) electrons. The van der Waals surface area contributed by atoms with Gasteiger partial charge in [0, 0.05) is 18.1 Å². The first kappa shape index (κ1) is 20.9. The van der Waals surface area contributed by atoms with Gasteiger partial charge in [0.2, 0.25) is 0 Å². The molecule has 7 heteroatoms. The smallest absolute Gasteiger partial charge is 0.417 e. The minimum atomic E-state index is -1.03. The fourth-order valence-electron chi connectivity index (χ4n) is 3.80. The second kappa shape index (κ2) is 8.52. The summed E-state index contributed by atoms with van der Waals surface area (Å²) in [7, 11) is 0. The van der Waals surface area contributed by atoms with Crippen LogP contribution in [0.15, 0.2) is 30.3 Å². The molecule has 1 fully saturated rings. The van der Waals surface area contributed by atoms with E-state index in [0.29, 0.717) is 0 Å². The van der Waals surface area contributed by atoms with Crippen LogP contribution in [0.2, 0.25) is 0 Å². The molecular formula is C20H28N2O5. The van der Waals surface area contributed by atoms with Crippen molar-refractivity contribution in [1.82, 2.24) is 10.2 Å². The second-order valence-electron chi connectivity index (χ2n) is 7.54. The Morgan fingerprint density at radius 3 is 2.11 bits per heavy atom. The summed E-state index contributed by atoms with van der Waals surface area (Å²) >= 11 is 0. The number of aliphatic carboxylic acids is 1. The molecule has 4 atom stereocenters. The number of carbonyl (C=O) groups is 3. The molecule has 2 N–H and O–H groups in total. The maximum Gasteiger partial charge on any atom is 0.417 e. The van der Waals surface area contributed by atoms with Crippen molar-refractivity contribution in [3.63, 3.8) is 0 Å². The van der Waals surface area contributed by atoms with Gasteiger partial charge in [-0.05, 0) is 39.2 Å². The summed E-state index contributed by atoms with van der Waals surface area (Å²) in [4.78, 5) is 38.4. The molecule has 1 heterocycles. The predicted molar refractivity (Wildman–Crippen MR) is 100.0 cm³/mol. The van der Waals surface area contributed by atoms with Gasteiger partial charge in [-0.15, -0.1) is 0 Å². The molecule has 2 rings (SSSR count). The lowest BCUT2D eigenvalue weighted by atomic mass is 9.86. The summed E-state index contributed by atoms with van der Waals surface area (Å²) < 4.78 is 5.18. The first-order chi connectivity index (χ1) is 12.6. The Morgan fingerprint density at radius 2 is 1.63 bits per heavy atom. The van der Waals surface area contributed by atoms with Gasteiger partial charge >= 0.3 is 18.0 Å². The highest BCUT2D eigenvalue weighted by Gasteiger charge is 2.49. The largest absolute Gasteiger partial charge is 0.480 e. The molecule has 0 aliphatic carbocycles. The van der Waals surface area contributed by atoms with Crippen LogP contribution in [0.5, 0.6) is 0 Å². The van der Waals surface area contributed by atoms with Crippen molar-refractivity contribution in [1.29, 1.82) is 0 Å². The number of ether oxygens (including phenoxy) is 1. The molecular weight excluding hydrogens is 348 g/mol. The summed E-state index contributed by atoms with van der Waals surface area (Å²) in [6, 6.07) is 7.46. The molecule has 148 valence electrons. The summed E-state index contributed by atoms with van der Waals surface area (Å²) in [6.07, 6.45) is -0.706. The van der Waals surface area contributed by atoms with E-state index in [-0.39, 0.29) is 12.1 Å². The van der Waals surface area contributed by atoms with Gasteiger partial charge in [0.1, 0.15) is 6.04 Å². The van der Waals surface area contributed by atoms with Crippen LogP contribution in [-0.4, -0.2) is 46.2 Å². The molecule has 1 aliphatic heterocycles. The van der Waals surface area contributed by atoms with E-state index in [1.54, 1.807) is 6.92 Å².